The number of nitrogens with zero attached hydrogens (tertiary/aromatic N) is 1. The Kier molecular flexibility index (Phi) is 6.17. The minimum Gasteiger partial charge on any atom is -0.466 e. The number of hydrogen-bond donors (Lipinski definition) is 0. The molecule has 1 aromatic rings. The van der Waals surface area contributed by atoms with E-state index in [-0.39, 0.29) is 6.61 Å². The topological polar surface area (TPSA) is 50.1 Å². The van der Waals surface area contributed by atoms with Crippen LogP contribution in [0.2, 0.25) is 0 Å². The van der Waals surface area contributed by atoms with Crippen LogP contribution >= 0.6 is 11.8 Å². The minimum absolute atomic E-state index is 0.0122. The van der Waals surface area contributed by atoms with Gasteiger partial charge in [0.25, 0.3) is 6.43 Å². The molecule has 0 spiro atoms. The number of thioether (sulfide) groups is 1. The summed E-state index contributed by atoms with van der Waals surface area (Å²) in [5, 5.41) is 9.02. The summed E-state index contributed by atoms with van der Waals surface area (Å²) < 4.78 is 67.9. The van der Waals surface area contributed by atoms with Crippen LogP contribution in [0, 0.1) is 11.3 Å². The lowest BCUT2D eigenvalue weighted by atomic mass is 9.99. The second-order valence-corrected chi connectivity index (χ2v) is 5.06. The molecule has 3 nitrogen and oxygen atoms in total. The maximum atomic E-state index is 13.0. The van der Waals surface area contributed by atoms with Gasteiger partial charge in [0, 0.05) is 10.5 Å². The van der Waals surface area contributed by atoms with Crippen molar-refractivity contribution in [3.8, 4) is 6.07 Å². The second kappa shape index (κ2) is 7.45. The highest BCUT2D eigenvalue weighted by atomic mass is 32.2. The molecule has 120 valence electrons. The predicted molar refractivity (Wildman–Crippen MR) is 68.4 cm³/mol. The Hall–Kier alpha value is -1.82. The van der Waals surface area contributed by atoms with Gasteiger partial charge in [-0.3, -0.25) is 4.79 Å². The van der Waals surface area contributed by atoms with Crippen LogP contribution in [0.5, 0.6) is 0 Å². The molecule has 0 aliphatic heterocycles. The van der Waals surface area contributed by atoms with Crippen LogP contribution in [0.4, 0.5) is 22.0 Å². The van der Waals surface area contributed by atoms with Crippen LogP contribution in [-0.4, -0.2) is 18.1 Å². The Morgan fingerprint density at radius 1 is 1.41 bits per heavy atom. The highest BCUT2D eigenvalue weighted by Crippen LogP contribution is 2.41. The van der Waals surface area contributed by atoms with Gasteiger partial charge in [-0.2, -0.15) is 18.4 Å². The number of alkyl halides is 5. The molecule has 0 aliphatic carbocycles. The number of carbonyl (C=O) groups is 1. The van der Waals surface area contributed by atoms with Crippen molar-refractivity contribution >= 4 is 17.7 Å². The van der Waals surface area contributed by atoms with Gasteiger partial charge in [-0.15, -0.1) is 0 Å². The summed E-state index contributed by atoms with van der Waals surface area (Å²) in [6, 6.07) is 3.05. The highest BCUT2D eigenvalue weighted by molar-refractivity contribution is 8.00. The molecule has 0 aliphatic rings. The van der Waals surface area contributed by atoms with E-state index in [1.807, 2.05) is 0 Å². The molecule has 1 aromatic carbocycles. The van der Waals surface area contributed by atoms with Crippen LogP contribution in [0.3, 0.4) is 0 Å². The van der Waals surface area contributed by atoms with Crippen molar-refractivity contribution in [3.63, 3.8) is 0 Å². The summed E-state index contributed by atoms with van der Waals surface area (Å²) in [6.07, 6.45) is -3.72. The largest absolute Gasteiger partial charge is 0.466 e. The quantitative estimate of drug-likeness (QED) is 0.458. The Morgan fingerprint density at radius 2 is 2.05 bits per heavy atom. The molecule has 0 N–H and O–H groups in total. The fraction of sp³-hybridized carbons (Fsp3) is 0.385. The Balaban J connectivity index is 3.37. The SMILES string of the molecule is CCOC(=O)Cc1c(C(F)F)ccc(SC(F)(F)F)c1C#N. The first-order valence-corrected chi connectivity index (χ1v) is 6.76. The van der Waals surface area contributed by atoms with Crippen LogP contribution < -0.4 is 0 Å². The molecule has 0 aromatic heterocycles. The van der Waals surface area contributed by atoms with Crippen molar-refractivity contribution in [2.75, 3.05) is 6.61 Å². The zero-order valence-corrected chi connectivity index (χ0v) is 12.0. The number of rotatable bonds is 5. The monoisotopic (exact) mass is 339 g/mol. The normalized spacial score (nSPS) is 11.4. The summed E-state index contributed by atoms with van der Waals surface area (Å²) in [5.41, 5.74) is -6.37. The van der Waals surface area contributed by atoms with Gasteiger partial charge < -0.3 is 4.74 Å². The molecule has 0 bridgehead atoms. The van der Waals surface area contributed by atoms with E-state index >= 15 is 0 Å². The van der Waals surface area contributed by atoms with Gasteiger partial charge in [-0.05, 0) is 30.3 Å². The zero-order chi connectivity index (χ0) is 16.9. The molecule has 0 radical (unpaired) electrons. The van der Waals surface area contributed by atoms with E-state index < -0.39 is 57.7 Å². The summed E-state index contributed by atoms with van der Waals surface area (Å²) in [5.74, 6) is -0.893. The zero-order valence-electron chi connectivity index (χ0n) is 11.2. The number of benzene rings is 1. The van der Waals surface area contributed by atoms with E-state index in [9.17, 15) is 26.7 Å². The smallest absolute Gasteiger partial charge is 0.446 e. The molecule has 0 fully saturated rings. The molecule has 0 unspecified atom stereocenters. The van der Waals surface area contributed by atoms with Gasteiger partial charge in [-0.25, -0.2) is 8.78 Å². The van der Waals surface area contributed by atoms with Crippen molar-refractivity contribution in [1.82, 2.24) is 0 Å². The third-order valence-electron chi connectivity index (χ3n) is 2.51. The first-order valence-electron chi connectivity index (χ1n) is 5.95. The average Bonchev–Trinajstić information content (AvgIpc) is 2.37. The summed E-state index contributed by atoms with van der Waals surface area (Å²) in [6.45, 7) is 1.48. The number of ether oxygens (including phenoxy) is 1. The number of hydrogen-bond acceptors (Lipinski definition) is 4. The number of carbonyl (C=O) groups excluding carboxylic acids is 1. The average molecular weight is 339 g/mol. The summed E-state index contributed by atoms with van der Waals surface area (Å²) in [4.78, 5) is 10.9. The van der Waals surface area contributed by atoms with E-state index in [1.54, 1.807) is 0 Å². The van der Waals surface area contributed by atoms with Gasteiger partial charge in [-0.1, -0.05) is 6.07 Å². The highest BCUT2D eigenvalue weighted by Gasteiger charge is 2.32. The van der Waals surface area contributed by atoms with E-state index in [4.69, 9.17) is 5.26 Å². The first-order chi connectivity index (χ1) is 10.2. The molecular weight excluding hydrogens is 329 g/mol. The molecule has 9 heteroatoms. The van der Waals surface area contributed by atoms with Crippen molar-refractivity contribution in [2.24, 2.45) is 0 Å². The molecule has 0 heterocycles. The maximum Gasteiger partial charge on any atom is 0.446 e. The standard InChI is InChI=1S/C13H10F5NO2S/c1-2-21-11(20)5-8-7(12(14)15)3-4-10(9(8)6-19)22-13(16,17)18/h3-4,12H,2,5H2,1H3. The van der Waals surface area contributed by atoms with Crippen LogP contribution in [0.25, 0.3) is 0 Å². The van der Waals surface area contributed by atoms with E-state index in [2.05, 4.69) is 4.74 Å². The van der Waals surface area contributed by atoms with E-state index in [1.165, 1.54) is 13.0 Å². The molecule has 0 saturated carbocycles. The van der Waals surface area contributed by atoms with Crippen molar-refractivity contribution < 1.29 is 31.5 Å². The van der Waals surface area contributed by atoms with Gasteiger partial charge in [0.1, 0.15) is 6.07 Å². The van der Waals surface area contributed by atoms with Gasteiger partial charge in [0.05, 0.1) is 18.6 Å². The van der Waals surface area contributed by atoms with Crippen molar-refractivity contribution in [2.45, 2.75) is 30.2 Å². The Bertz CT molecular complexity index is 595. The Labute approximate surface area is 127 Å². The minimum atomic E-state index is -4.68. The van der Waals surface area contributed by atoms with Gasteiger partial charge in [0.2, 0.25) is 0 Å². The van der Waals surface area contributed by atoms with Crippen molar-refractivity contribution in [1.29, 1.82) is 5.26 Å². The maximum absolute atomic E-state index is 13.0. The first kappa shape index (κ1) is 18.2. The molecule has 22 heavy (non-hydrogen) atoms. The van der Waals surface area contributed by atoms with Crippen LogP contribution in [-0.2, 0) is 16.0 Å². The van der Waals surface area contributed by atoms with Gasteiger partial charge >= 0.3 is 11.5 Å². The number of halogens is 5. The second-order valence-electron chi connectivity index (χ2n) is 3.95. The van der Waals surface area contributed by atoms with Crippen LogP contribution in [0.1, 0.15) is 30.0 Å². The van der Waals surface area contributed by atoms with Crippen LogP contribution in [0.15, 0.2) is 17.0 Å². The van der Waals surface area contributed by atoms with Crippen molar-refractivity contribution in [3.05, 3.63) is 28.8 Å². The number of esters is 1. The van der Waals surface area contributed by atoms with E-state index in [0.29, 0.717) is 0 Å². The fourth-order valence-corrected chi connectivity index (χ4v) is 2.38. The lowest BCUT2D eigenvalue weighted by Gasteiger charge is -2.14. The fourth-order valence-electron chi connectivity index (χ4n) is 1.73. The summed E-state index contributed by atoms with van der Waals surface area (Å²) >= 11 is -0.593. The third kappa shape index (κ3) is 4.87. The lowest BCUT2D eigenvalue weighted by Crippen LogP contribution is -2.12. The lowest BCUT2D eigenvalue weighted by molar-refractivity contribution is -0.142. The predicted octanol–water partition coefficient (Wildman–Crippen LogP) is 4.21. The molecule has 0 atom stereocenters. The molecule has 0 saturated heterocycles. The van der Waals surface area contributed by atoms with Gasteiger partial charge in [0.15, 0.2) is 0 Å². The van der Waals surface area contributed by atoms with E-state index in [0.717, 1.165) is 12.1 Å². The molecular formula is C13H10F5NO2S. The third-order valence-corrected chi connectivity index (χ3v) is 3.30. The Morgan fingerprint density at radius 3 is 2.50 bits per heavy atom. The molecule has 1 rings (SSSR count). The molecule has 0 amide bonds. The number of nitriles is 1. The summed E-state index contributed by atoms with van der Waals surface area (Å²) in [7, 11) is 0.